The Morgan fingerprint density at radius 3 is 2.26 bits per heavy atom. The number of Topliss-reactive ketones (excluding diaryl/α,β-unsaturated/α-hetero) is 1. The smallest absolute Gasteiger partial charge is 0.173 e. The van der Waals surface area contributed by atoms with Crippen molar-refractivity contribution in [1.82, 2.24) is 0 Å². The normalized spacial score (nSPS) is 12.0. The number of thiophene rings is 1. The number of carbonyl (C=O) groups is 1. The van der Waals surface area contributed by atoms with Gasteiger partial charge in [-0.05, 0) is 47.9 Å². The lowest BCUT2D eigenvalue weighted by Gasteiger charge is -2.10. The van der Waals surface area contributed by atoms with Gasteiger partial charge in [-0.1, -0.05) is 42.8 Å². The third-order valence-electron chi connectivity index (χ3n) is 4.20. The van der Waals surface area contributed by atoms with Gasteiger partial charge in [0.1, 0.15) is 0 Å². The van der Waals surface area contributed by atoms with E-state index >= 15 is 0 Å². The second-order valence-corrected chi connectivity index (χ2v) is 8.09. The van der Waals surface area contributed by atoms with Crippen molar-refractivity contribution in [3.63, 3.8) is 0 Å². The third-order valence-corrected chi connectivity index (χ3v) is 6.24. The van der Waals surface area contributed by atoms with Crippen molar-refractivity contribution in [3.05, 3.63) is 64.0 Å². The molecule has 0 spiro atoms. The van der Waals surface area contributed by atoms with Crippen LogP contribution in [0, 0.1) is 6.92 Å². The molecule has 140 valence electrons. The van der Waals surface area contributed by atoms with Crippen molar-refractivity contribution in [3.8, 4) is 21.6 Å². The summed E-state index contributed by atoms with van der Waals surface area (Å²) in [6, 6.07) is 14.6. The Balaban J connectivity index is 2.11. The summed E-state index contributed by atoms with van der Waals surface area (Å²) in [7, 11) is 0. The molecule has 1 heterocycles. The fourth-order valence-corrected chi connectivity index (χ4v) is 4.69. The van der Waals surface area contributed by atoms with E-state index in [2.05, 4.69) is 4.72 Å². The second kappa shape index (κ2) is 8.35. The van der Waals surface area contributed by atoms with E-state index in [-0.39, 0.29) is 5.78 Å². The molecule has 0 saturated carbocycles. The summed E-state index contributed by atoms with van der Waals surface area (Å²) in [5, 5.41) is 0.664. The number of ketones is 1. The lowest BCUT2D eigenvalue weighted by molar-refractivity contribution is 0.0992. The van der Waals surface area contributed by atoms with Crippen molar-refractivity contribution in [2.45, 2.75) is 20.3 Å². The maximum atomic E-state index is 12.6. The van der Waals surface area contributed by atoms with Crippen molar-refractivity contribution < 1.29 is 13.6 Å². The molecule has 3 aromatic rings. The number of hydrogen-bond acceptors (Lipinski definition) is 4. The highest BCUT2D eigenvalue weighted by atomic mass is 35.5. The van der Waals surface area contributed by atoms with Crippen LogP contribution < -0.4 is 4.72 Å². The molecule has 0 bridgehead atoms. The zero-order chi connectivity index (χ0) is 19.6. The van der Waals surface area contributed by atoms with Crippen molar-refractivity contribution in [2.75, 3.05) is 4.72 Å². The van der Waals surface area contributed by atoms with Crippen molar-refractivity contribution in [2.24, 2.45) is 0 Å². The van der Waals surface area contributed by atoms with Crippen LogP contribution in [-0.2, 0) is 11.3 Å². The van der Waals surface area contributed by atoms with Gasteiger partial charge in [0, 0.05) is 38.8 Å². The second-order valence-electron chi connectivity index (χ2n) is 5.96. The molecular formula is C20H17ClNO3S2-. The Morgan fingerprint density at radius 2 is 1.70 bits per heavy atom. The Kier molecular flexibility index (Phi) is 6.11. The zero-order valence-electron chi connectivity index (χ0n) is 14.7. The number of benzene rings is 2. The van der Waals surface area contributed by atoms with E-state index in [1.54, 1.807) is 12.1 Å². The van der Waals surface area contributed by atoms with Crippen LogP contribution in [0.4, 0.5) is 5.69 Å². The fraction of sp³-hybridized carbons (Fsp3) is 0.150. The van der Waals surface area contributed by atoms with Gasteiger partial charge in [-0.3, -0.25) is 9.00 Å². The summed E-state index contributed by atoms with van der Waals surface area (Å²) < 4.78 is 23.9. The highest BCUT2D eigenvalue weighted by Crippen LogP contribution is 2.42. The molecule has 0 aliphatic carbocycles. The van der Waals surface area contributed by atoms with Crippen LogP contribution in [0.15, 0.2) is 48.5 Å². The van der Waals surface area contributed by atoms with Gasteiger partial charge in [-0.2, -0.15) is 0 Å². The highest BCUT2D eigenvalue weighted by molar-refractivity contribution is 7.80. The number of halogens is 1. The number of hydrogen-bond donors (Lipinski definition) is 1. The molecule has 0 amide bonds. The van der Waals surface area contributed by atoms with Crippen LogP contribution in [0.3, 0.4) is 0 Å². The Bertz CT molecular complexity index is 995. The summed E-state index contributed by atoms with van der Waals surface area (Å²) in [5.41, 5.74) is 4.28. The van der Waals surface area contributed by atoms with E-state index in [1.807, 2.05) is 50.2 Å². The molecule has 2 aromatic carbocycles. The van der Waals surface area contributed by atoms with Crippen LogP contribution in [0.1, 0.15) is 28.6 Å². The SMILES string of the molecule is CCC(=O)c1sc(-c2ccc(Cl)cc2)c(C)c1-c1ccc(NS(=O)[O-])cc1. The summed E-state index contributed by atoms with van der Waals surface area (Å²) in [4.78, 5) is 14.3. The fourth-order valence-electron chi connectivity index (χ4n) is 2.90. The Morgan fingerprint density at radius 1 is 1.11 bits per heavy atom. The topological polar surface area (TPSA) is 69.2 Å². The minimum atomic E-state index is -2.37. The van der Waals surface area contributed by atoms with E-state index < -0.39 is 11.3 Å². The maximum Gasteiger partial charge on any atom is 0.173 e. The molecule has 7 heteroatoms. The molecule has 4 nitrogen and oxygen atoms in total. The number of nitrogens with one attached hydrogen (secondary N) is 1. The Labute approximate surface area is 169 Å². The van der Waals surface area contributed by atoms with Gasteiger partial charge < -0.3 is 9.27 Å². The van der Waals surface area contributed by atoms with E-state index in [0.717, 1.165) is 27.1 Å². The van der Waals surface area contributed by atoms with Gasteiger partial charge in [-0.15, -0.1) is 11.3 Å². The van der Waals surface area contributed by atoms with Crippen LogP contribution in [0.25, 0.3) is 21.6 Å². The molecule has 0 fully saturated rings. The lowest BCUT2D eigenvalue weighted by atomic mass is 9.97. The third kappa shape index (κ3) is 4.30. The van der Waals surface area contributed by atoms with E-state index in [0.29, 0.717) is 22.0 Å². The largest absolute Gasteiger partial charge is 0.755 e. The number of carbonyl (C=O) groups excluding carboxylic acids is 1. The predicted molar refractivity (Wildman–Crippen MR) is 112 cm³/mol. The van der Waals surface area contributed by atoms with Gasteiger partial charge in [0.15, 0.2) is 5.78 Å². The summed E-state index contributed by atoms with van der Waals surface area (Å²) in [5.74, 6) is 0.0844. The molecule has 0 aliphatic rings. The van der Waals surface area contributed by atoms with Gasteiger partial charge in [0.05, 0.1) is 4.88 Å². The lowest BCUT2D eigenvalue weighted by Crippen LogP contribution is -2.02. The summed E-state index contributed by atoms with van der Waals surface area (Å²) in [6.45, 7) is 3.85. The van der Waals surface area contributed by atoms with E-state index in [4.69, 9.17) is 11.6 Å². The summed E-state index contributed by atoms with van der Waals surface area (Å²) in [6.07, 6.45) is 0.418. The highest BCUT2D eigenvalue weighted by Gasteiger charge is 2.21. The summed E-state index contributed by atoms with van der Waals surface area (Å²) >= 11 is 5.10. The predicted octanol–water partition coefficient (Wildman–Crippen LogP) is 5.84. The minimum absolute atomic E-state index is 0.0844. The molecule has 1 N–H and O–H groups in total. The van der Waals surface area contributed by atoms with Crippen LogP contribution in [0.2, 0.25) is 5.02 Å². The molecule has 1 aromatic heterocycles. The first-order valence-electron chi connectivity index (χ1n) is 8.29. The van der Waals surface area contributed by atoms with Gasteiger partial charge in [0.2, 0.25) is 0 Å². The maximum absolute atomic E-state index is 12.6. The first kappa shape index (κ1) is 19.8. The first-order valence-corrected chi connectivity index (χ1v) is 10.6. The standard InChI is InChI=1S/C20H18ClNO3S2/c1-3-17(23)20-18(13-6-10-16(11-7-13)22-27(24)25)12(2)19(26-20)14-4-8-15(21)9-5-14/h4-11,22H,3H2,1-2H3,(H,24,25)/p-1. The van der Waals surface area contributed by atoms with Crippen LogP contribution in [-0.4, -0.2) is 14.5 Å². The van der Waals surface area contributed by atoms with Gasteiger partial charge in [-0.25, -0.2) is 0 Å². The van der Waals surface area contributed by atoms with E-state index in [9.17, 15) is 13.6 Å². The Hall–Kier alpha value is -1.99. The quantitative estimate of drug-likeness (QED) is 0.403. The molecule has 0 aliphatic heterocycles. The molecule has 1 unspecified atom stereocenters. The monoisotopic (exact) mass is 418 g/mol. The molecule has 3 rings (SSSR count). The van der Waals surface area contributed by atoms with Crippen LogP contribution >= 0.6 is 22.9 Å². The van der Waals surface area contributed by atoms with Crippen molar-refractivity contribution >= 4 is 45.7 Å². The number of rotatable bonds is 6. The zero-order valence-corrected chi connectivity index (χ0v) is 17.1. The molecule has 0 saturated heterocycles. The van der Waals surface area contributed by atoms with Gasteiger partial charge in [0.25, 0.3) is 0 Å². The van der Waals surface area contributed by atoms with Crippen LogP contribution in [0.5, 0.6) is 0 Å². The molecular weight excluding hydrogens is 402 g/mol. The van der Waals surface area contributed by atoms with E-state index in [1.165, 1.54) is 11.3 Å². The minimum Gasteiger partial charge on any atom is -0.755 e. The molecule has 1 atom stereocenters. The molecule has 0 radical (unpaired) electrons. The average molecular weight is 419 g/mol. The average Bonchev–Trinajstić information content (AvgIpc) is 2.99. The number of anilines is 1. The van der Waals surface area contributed by atoms with Crippen molar-refractivity contribution in [1.29, 1.82) is 0 Å². The molecule has 27 heavy (non-hydrogen) atoms. The van der Waals surface area contributed by atoms with Gasteiger partial charge >= 0.3 is 0 Å². The first-order chi connectivity index (χ1) is 12.9.